The van der Waals surface area contributed by atoms with Crippen LogP contribution in [-0.4, -0.2) is 56.9 Å². The van der Waals surface area contributed by atoms with Crippen LogP contribution in [0.4, 0.5) is 0 Å². The van der Waals surface area contributed by atoms with Gasteiger partial charge >= 0.3 is 16.4 Å². The van der Waals surface area contributed by atoms with E-state index in [1.807, 2.05) is 30.3 Å². The summed E-state index contributed by atoms with van der Waals surface area (Å²) in [6.45, 7) is 0.685. The number of ether oxygens (including phenoxy) is 1. The van der Waals surface area contributed by atoms with E-state index in [4.69, 9.17) is 42.8 Å². The number of benzene rings is 1. The Kier molecular flexibility index (Phi) is 9.37. The lowest BCUT2D eigenvalue weighted by Gasteiger charge is -2.25. The second kappa shape index (κ2) is 11.0. The first-order chi connectivity index (χ1) is 11.5. The van der Waals surface area contributed by atoms with Gasteiger partial charge in [-0.1, -0.05) is 18.2 Å². The summed E-state index contributed by atoms with van der Waals surface area (Å²) in [7, 11) is -0.570. The predicted molar refractivity (Wildman–Crippen MR) is 89.1 cm³/mol. The van der Waals surface area contributed by atoms with E-state index in [9.17, 15) is 0 Å². The van der Waals surface area contributed by atoms with E-state index in [0.717, 1.165) is 5.75 Å². The minimum absolute atomic E-state index is 0.242. The van der Waals surface area contributed by atoms with Crippen LogP contribution in [0.15, 0.2) is 30.3 Å². The van der Waals surface area contributed by atoms with Gasteiger partial charge in [0.25, 0.3) is 6.02 Å². The Bertz CT molecular complexity index is 470. The number of hydrogen-bond donors (Lipinski definition) is 2. The van der Waals surface area contributed by atoms with Crippen LogP contribution in [0.3, 0.4) is 0 Å². The van der Waals surface area contributed by atoms with Crippen molar-refractivity contribution in [3.8, 4) is 5.75 Å². The first kappa shape index (κ1) is 20.4. The van der Waals surface area contributed by atoms with Crippen LogP contribution in [0.5, 0.6) is 5.75 Å². The second-order valence-electron chi connectivity index (χ2n) is 4.39. The summed E-state index contributed by atoms with van der Waals surface area (Å²) in [5.74, 6) is 0.773. The maximum atomic E-state index is 7.20. The molecule has 0 bridgehead atoms. The Morgan fingerprint density at radius 3 is 2.25 bits per heavy atom. The van der Waals surface area contributed by atoms with Gasteiger partial charge in [-0.25, -0.2) is 0 Å². The highest BCUT2D eigenvalue weighted by Crippen LogP contribution is 2.12. The third kappa shape index (κ3) is 7.30. The van der Waals surface area contributed by atoms with E-state index >= 15 is 0 Å². The molecular weight excluding hydrogens is 335 g/mol. The molecule has 0 radical (unpaired) electrons. The highest BCUT2D eigenvalue weighted by Gasteiger charge is 2.49. The highest BCUT2D eigenvalue weighted by atomic mass is 28.4. The van der Waals surface area contributed by atoms with Gasteiger partial charge in [0.05, 0.1) is 6.61 Å². The smallest absolute Gasteiger partial charge is 0.494 e. The maximum Gasteiger partial charge on any atom is 0.709 e. The van der Waals surface area contributed by atoms with E-state index in [2.05, 4.69) is 0 Å². The lowest BCUT2D eigenvalue weighted by molar-refractivity contribution is 0.0265. The van der Waals surface area contributed by atoms with Crippen molar-refractivity contribution >= 4 is 22.4 Å². The molecule has 24 heavy (non-hydrogen) atoms. The predicted octanol–water partition coefficient (Wildman–Crippen LogP) is 0.758. The summed E-state index contributed by atoms with van der Waals surface area (Å²) in [6.07, 6.45) is 0.567. The summed E-state index contributed by atoms with van der Waals surface area (Å²) >= 11 is 0. The average molecular weight is 358 g/mol. The molecule has 0 amide bonds. The molecule has 1 aromatic carbocycles. The van der Waals surface area contributed by atoms with Gasteiger partial charge in [-0.15, -0.1) is 0 Å². The number of nitrogens with one attached hydrogen (secondary N) is 1. The summed E-state index contributed by atoms with van der Waals surface area (Å²) < 4.78 is 36.6. The first-order valence-corrected chi connectivity index (χ1v) is 8.82. The van der Waals surface area contributed by atoms with Crippen molar-refractivity contribution in [3.63, 3.8) is 0 Å². The highest BCUT2D eigenvalue weighted by molar-refractivity contribution is 6.62. The molecule has 0 aliphatic carbocycles. The second-order valence-corrected chi connectivity index (χ2v) is 6.85. The lowest BCUT2D eigenvalue weighted by Crippen LogP contribution is -2.52. The third-order valence-corrected chi connectivity index (χ3v) is 4.75. The molecule has 0 spiro atoms. The molecule has 3 N–H and O–H groups in total. The Hall–Kier alpha value is -1.63. The molecule has 1 rings (SSSR count). The molecule has 9 nitrogen and oxygen atoms in total. The number of para-hydroxylation sites is 1. The van der Waals surface area contributed by atoms with Gasteiger partial charge in [0.1, 0.15) is 5.75 Å². The zero-order valence-corrected chi connectivity index (χ0v) is 15.0. The Labute approximate surface area is 143 Å². The SMILES string of the molecule is CO[Si](OC)(OC)OB(OCCCOc1ccccc1)OC(=N)N. The molecule has 134 valence electrons. The summed E-state index contributed by atoms with van der Waals surface area (Å²) in [4.78, 5) is 0. The summed E-state index contributed by atoms with van der Waals surface area (Å²) in [5, 5.41) is 7.20. The molecule has 0 aromatic heterocycles. The monoisotopic (exact) mass is 358 g/mol. The van der Waals surface area contributed by atoms with Crippen LogP contribution in [0, 0.1) is 5.41 Å². The van der Waals surface area contributed by atoms with Crippen molar-refractivity contribution in [1.82, 2.24) is 0 Å². The minimum atomic E-state index is -3.40. The number of hydrogen-bond acceptors (Lipinski definition) is 8. The van der Waals surface area contributed by atoms with Crippen molar-refractivity contribution in [2.45, 2.75) is 6.42 Å². The molecule has 0 saturated carbocycles. The fraction of sp³-hybridized carbons (Fsp3) is 0.462. The van der Waals surface area contributed by atoms with Crippen molar-refractivity contribution in [2.24, 2.45) is 5.73 Å². The fourth-order valence-electron chi connectivity index (χ4n) is 1.65. The van der Waals surface area contributed by atoms with E-state index in [-0.39, 0.29) is 6.61 Å². The molecule has 0 unspecified atom stereocenters. The summed E-state index contributed by atoms with van der Waals surface area (Å²) in [5.41, 5.74) is 5.21. The average Bonchev–Trinajstić information content (AvgIpc) is 2.59. The molecule has 0 aliphatic heterocycles. The molecule has 0 heterocycles. The largest absolute Gasteiger partial charge is 0.709 e. The standard InChI is InChI=1S/C13H23BN2O7Si/c1-17-24(18-2,19-3)23-14(22-13(15)16)21-11-7-10-20-12-8-5-4-6-9-12/h4-6,8-9H,7,10-11H2,1-3H3,(H3,15,16). The van der Waals surface area contributed by atoms with Crippen LogP contribution in [-0.2, 0) is 26.9 Å². The number of amidine groups is 1. The molecule has 1 aromatic rings. The van der Waals surface area contributed by atoms with Crippen LogP contribution in [0.1, 0.15) is 6.42 Å². The van der Waals surface area contributed by atoms with Crippen LogP contribution >= 0.6 is 0 Å². The topological polar surface area (TPSA) is 114 Å². The maximum absolute atomic E-state index is 7.20. The van der Waals surface area contributed by atoms with Gasteiger partial charge in [-0.2, -0.15) is 0 Å². The van der Waals surface area contributed by atoms with Crippen molar-refractivity contribution in [3.05, 3.63) is 30.3 Å². The number of rotatable bonds is 12. The van der Waals surface area contributed by atoms with E-state index in [1.165, 1.54) is 21.3 Å². The first-order valence-electron chi connectivity index (χ1n) is 7.18. The van der Waals surface area contributed by atoms with Crippen LogP contribution < -0.4 is 10.5 Å². The molecule has 0 saturated heterocycles. The van der Waals surface area contributed by atoms with Gasteiger partial charge in [0.2, 0.25) is 0 Å². The third-order valence-electron chi connectivity index (χ3n) is 2.77. The molecule has 0 atom stereocenters. The normalized spacial score (nSPS) is 11.1. The Morgan fingerprint density at radius 1 is 1.08 bits per heavy atom. The van der Waals surface area contributed by atoms with E-state index in [1.54, 1.807) is 0 Å². The van der Waals surface area contributed by atoms with Crippen LogP contribution in [0.25, 0.3) is 0 Å². The van der Waals surface area contributed by atoms with Gasteiger partial charge < -0.3 is 37.4 Å². The van der Waals surface area contributed by atoms with Gasteiger partial charge in [0.15, 0.2) is 0 Å². The van der Waals surface area contributed by atoms with E-state index in [0.29, 0.717) is 13.0 Å². The number of nitrogens with two attached hydrogens (primary N) is 1. The van der Waals surface area contributed by atoms with E-state index < -0.39 is 22.4 Å². The fourth-order valence-corrected chi connectivity index (χ4v) is 2.79. The molecule has 0 fully saturated rings. The summed E-state index contributed by atoms with van der Waals surface area (Å²) in [6, 6.07) is 8.85. The molecule has 11 heteroatoms. The van der Waals surface area contributed by atoms with Crippen molar-refractivity contribution in [2.75, 3.05) is 34.5 Å². The van der Waals surface area contributed by atoms with Crippen molar-refractivity contribution < 1.29 is 31.7 Å². The quantitative estimate of drug-likeness (QED) is 0.244. The zero-order valence-electron chi connectivity index (χ0n) is 14.0. The van der Waals surface area contributed by atoms with Crippen LogP contribution in [0.2, 0.25) is 0 Å². The Morgan fingerprint density at radius 2 is 1.71 bits per heavy atom. The van der Waals surface area contributed by atoms with Gasteiger partial charge in [-0.3, -0.25) is 5.41 Å². The lowest BCUT2D eigenvalue weighted by atomic mass is 10.2. The minimum Gasteiger partial charge on any atom is -0.494 e. The van der Waals surface area contributed by atoms with Crippen molar-refractivity contribution in [1.29, 1.82) is 5.41 Å². The Balaban J connectivity index is 2.41. The zero-order chi connectivity index (χ0) is 17.8. The molecular formula is C13H23BN2O7Si. The van der Waals surface area contributed by atoms with Gasteiger partial charge in [0, 0.05) is 34.4 Å². The van der Waals surface area contributed by atoms with Gasteiger partial charge in [-0.05, 0) is 12.1 Å². The molecule has 0 aliphatic rings.